The van der Waals surface area contributed by atoms with Gasteiger partial charge in [0, 0.05) is 53.9 Å². The van der Waals surface area contributed by atoms with Crippen LogP contribution >= 0.6 is 0 Å². The summed E-state index contributed by atoms with van der Waals surface area (Å²) in [6, 6.07) is 11.2. The minimum absolute atomic E-state index is 0.0337. The lowest BCUT2D eigenvalue weighted by atomic mass is 9.91. The normalized spacial score (nSPS) is 18.4. The number of carbonyl (C=O) groups excluding carboxylic acids is 1. The maximum Gasteiger partial charge on any atom is 0.251 e. The highest BCUT2D eigenvalue weighted by atomic mass is 16.1. The molecule has 31 heavy (non-hydrogen) atoms. The van der Waals surface area contributed by atoms with Gasteiger partial charge in [-0.1, -0.05) is 12.8 Å². The Morgan fingerprint density at radius 2 is 1.87 bits per heavy atom. The van der Waals surface area contributed by atoms with Crippen molar-refractivity contribution in [1.82, 2.24) is 20.3 Å². The van der Waals surface area contributed by atoms with Crippen molar-refractivity contribution >= 4 is 17.4 Å². The summed E-state index contributed by atoms with van der Waals surface area (Å²) in [4.78, 5) is 25.4. The molecule has 1 aliphatic rings. The van der Waals surface area contributed by atoms with E-state index in [0.717, 1.165) is 48.2 Å². The molecule has 0 bridgehead atoms. The van der Waals surface area contributed by atoms with Crippen molar-refractivity contribution in [2.45, 2.75) is 44.3 Å². The molecule has 4 rings (SSSR count). The number of hydrogen-bond donors (Lipinski definition) is 4. The van der Waals surface area contributed by atoms with E-state index in [-0.39, 0.29) is 18.0 Å². The third kappa shape index (κ3) is 5.22. The van der Waals surface area contributed by atoms with Crippen molar-refractivity contribution in [2.24, 2.45) is 11.5 Å². The molecule has 2 unspecified atom stereocenters. The number of carbonyl (C=O) groups is 1. The summed E-state index contributed by atoms with van der Waals surface area (Å²) in [7, 11) is 0. The smallest absolute Gasteiger partial charge is 0.251 e. The van der Waals surface area contributed by atoms with E-state index in [0.29, 0.717) is 17.9 Å². The number of rotatable bonds is 6. The van der Waals surface area contributed by atoms with Crippen LogP contribution in [0.4, 0.5) is 11.5 Å². The zero-order chi connectivity index (χ0) is 21.6. The van der Waals surface area contributed by atoms with Gasteiger partial charge in [0.15, 0.2) is 0 Å². The molecule has 160 valence electrons. The minimum atomic E-state index is -0.0921. The predicted octanol–water partition coefficient (Wildman–Crippen LogP) is 2.74. The Kier molecular flexibility index (Phi) is 6.49. The monoisotopic (exact) mass is 417 g/mol. The first-order valence-corrected chi connectivity index (χ1v) is 10.5. The number of hydrogen-bond acceptors (Lipinski definition) is 7. The van der Waals surface area contributed by atoms with Gasteiger partial charge in [-0.15, -0.1) is 0 Å². The Hall–Kier alpha value is -3.36. The Bertz CT molecular complexity index is 1040. The van der Waals surface area contributed by atoms with Crippen LogP contribution in [0.25, 0.3) is 11.3 Å². The second-order valence-corrected chi connectivity index (χ2v) is 7.81. The van der Waals surface area contributed by atoms with E-state index in [2.05, 4.69) is 25.6 Å². The van der Waals surface area contributed by atoms with Crippen LogP contribution in [0, 0.1) is 0 Å². The van der Waals surface area contributed by atoms with E-state index in [9.17, 15) is 4.79 Å². The third-order valence-electron chi connectivity index (χ3n) is 5.55. The first-order valence-electron chi connectivity index (χ1n) is 10.5. The van der Waals surface area contributed by atoms with Gasteiger partial charge in [0.2, 0.25) is 0 Å². The van der Waals surface area contributed by atoms with E-state index >= 15 is 0 Å². The van der Waals surface area contributed by atoms with Crippen LogP contribution in [-0.2, 0) is 6.54 Å². The molecular weight excluding hydrogens is 390 g/mol. The quantitative estimate of drug-likeness (QED) is 0.485. The van der Waals surface area contributed by atoms with Crippen molar-refractivity contribution in [3.05, 3.63) is 66.2 Å². The molecule has 1 amide bonds. The Balaban J connectivity index is 1.42. The molecule has 0 spiro atoms. The molecule has 2 heterocycles. The molecule has 8 heteroatoms. The molecule has 3 aromatic rings. The highest BCUT2D eigenvalue weighted by Gasteiger charge is 2.23. The molecule has 0 aliphatic heterocycles. The van der Waals surface area contributed by atoms with Crippen LogP contribution in [0.1, 0.15) is 41.6 Å². The van der Waals surface area contributed by atoms with Crippen molar-refractivity contribution in [3.63, 3.8) is 0 Å². The van der Waals surface area contributed by atoms with E-state index in [1.807, 2.05) is 24.3 Å². The van der Waals surface area contributed by atoms with Crippen molar-refractivity contribution in [1.29, 1.82) is 0 Å². The fraction of sp³-hybridized carbons (Fsp3) is 0.304. The Labute approximate surface area is 181 Å². The fourth-order valence-electron chi connectivity index (χ4n) is 3.77. The lowest BCUT2D eigenvalue weighted by Crippen LogP contribution is -2.49. The van der Waals surface area contributed by atoms with Crippen molar-refractivity contribution in [3.8, 4) is 11.3 Å². The predicted molar refractivity (Wildman–Crippen MR) is 121 cm³/mol. The first kappa shape index (κ1) is 20.9. The van der Waals surface area contributed by atoms with Gasteiger partial charge in [0.1, 0.15) is 12.1 Å². The number of benzene rings is 1. The van der Waals surface area contributed by atoms with Crippen molar-refractivity contribution < 1.29 is 4.79 Å². The number of nitrogens with one attached hydrogen (secondary N) is 2. The minimum Gasteiger partial charge on any atom is -0.348 e. The van der Waals surface area contributed by atoms with Crippen LogP contribution in [0.2, 0.25) is 0 Å². The van der Waals surface area contributed by atoms with E-state index in [1.54, 1.807) is 24.5 Å². The number of amides is 1. The second-order valence-electron chi connectivity index (χ2n) is 7.81. The summed E-state index contributed by atoms with van der Waals surface area (Å²) in [5.74, 6) is 0.555. The first-order chi connectivity index (χ1) is 15.1. The second kappa shape index (κ2) is 9.63. The number of pyridine rings is 1. The maximum absolute atomic E-state index is 12.6. The van der Waals surface area contributed by atoms with Gasteiger partial charge >= 0.3 is 0 Å². The summed E-state index contributed by atoms with van der Waals surface area (Å²) in [6.07, 6.45) is 9.12. The Morgan fingerprint density at radius 3 is 2.65 bits per heavy atom. The lowest BCUT2D eigenvalue weighted by Gasteiger charge is -2.29. The number of nitrogens with two attached hydrogens (primary N) is 2. The van der Waals surface area contributed by atoms with E-state index in [4.69, 9.17) is 11.5 Å². The van der Waals surface area contributed by atoms with Gasteiger partial charge < -0.3 is 22.1 Å². The largest absolute Gasteiger partial charge is 0.348 e. The van der Waals surface area contributed by atoms with Gasteiger partial charge in [0.05, 0.1) is 5.69 Å². The van der Waals surface area contributed by atoms with Gasteiger partial charge in [-0.2, -0.15) is 0 Å². The Morgan fingerprint density at radius 1 is 1.06 bits per heavy atom. The molecule has 1 aromatic carbocycles. The van der Waals surface area contributed by atoms with Gasteiger partial charge in [-0.05, 0) is 48.7 Å². The fourth-order valence-corrected chi connectivity index (χ4v) is 3.77. The number of nitrogens with zero attached hydrogens (tertiary/aromatic N) is 3. The standard InChI is InChI=1S/C23H27N7O/c24-11-15-9-17(13-26-12-15)21-10-22(28-14-27-21)29-18-7-5-16(6-8-18)23(31)30-20-4-2-1-3-19(20)25/h5-10,12-14,19-20H,1-4,11,24-25H2,(H,30,31)(H,27,28,29). The number of anilines is 2. The molecule has 2 atom stereocenters. The molecule has 0 saturated heterocycles. The van der Waals surface area contributed by atoms with E-state index in [1.165, 1.54) is 6.33 Å². The molecule has 0 radical (unpaired) electrons. The van der Waals surface area contributed by atoms with Crippen LogP contribution in [0.5, 0.6) is 0 Å². The summed E-state index contributed by atoms with van der Waals surface area (Å²) in [6.45, 7) is 0.420. The topological polar surface area (TPSA) is 132 Å². The molecule has 8 nitrogen and oxygen atoms in total. The van der Waals surface area contributed by atoms with Crippen LogP contribution in [0.15, 0.2) is 55.1 Å². The average molecular weight is 418 g/mol. The molecule has 1 saturated carbocycles. The molecule has 1 aliphatic carbocycles. The lowest BCUT2D eigenvalue weighted by molar-refractivity contribution is 0.0921. The van der Waals surface area contributed by atoms with Crippen LogP contribution < -0.4 is 22.1 Å². The molecule has 2 aromatic heterocycles. The molecule has 6 N–H and O–H groups in total. The molecule has 1 fully saturated rings. The van der Waals surface area contributed by atoms with E-state index < -0.39 is 0 Å². The van der Waals surface area contributed by atoms with Crippen molar-refractivity contribution in [2.75, 3.05) is 5.32 Å². The van der Waals surface area contributed by atoms with Crippen LogP contribution in [-0.4, -0.2) is 32.9 Å². The zero-order valence-electron chi connectivity index (χ0n) is 17.3. The van der Waals surface area contributed by atoms with Crippen LogP contribution in [0.3, 0.4) is 0 Å². The third-order valence-corrected chi connectivity index (χ3v) is 5.55. The maximum atomic E-state index is 12.6. The van der Waals surface area contributed by atoms with Gasteiger partial charge in [-0.3, -0.25) is 9.78 Å². The summed E-state index contributed by atoms with van der Waals surface area (Å²) >= 11 is 0. The summed E-state index contributed by atoms with van der Waals surface area (Å²) < 4.78 is 0. The molecular formula is C23H27N7O. The van der Waals surface area contributed by atoms with Gasteiger partial charge in [0.25, 0.3) is 5.91 Å². The average Bonchev–Trinajstić information content (AvgIpc) is 2.81. The SMILES string of the molecule is NCc1cncc(-c2cc(Nc3ccc(C(=O)NC4CCCCC4N)cc3)ncn2)c1. The highest BCUT2D eigenvalue weighted by Crippen LogP contribution is 2.22. The summed E-state index contributed by atoms with van der Waals surface area (Å²) in [5.41, 5.74) is 15.8. The number of aromatic nitrogens is 3. The zero-order valence-corrected chi connectivity index (χ0v) is 17.3. The van der Waals surface area contributed by atoms with Gasteiger partial charge in [-0.25, -0.2) is 9.97 Å². The summed E-state index contributed by atoms with van der Waals surface area (Å²) in [5, 5.41) is 6.32. The highest BCUT2D eigenvalue weighted by molar-refractivity contribution is 5.94.